The number of nitrogens with zero attached hydrogens (tertiary/aromatic N) is 1. The second kappa shape index (κ2) is 7.26. The quantitative estimate of drug-likeness (QED) is 0.819. The number of rotatable bonds is 5. The second-order valence-corrected chi connectivity index (χ2v) is 6.46. The van der Waals surface area contributed by atoms with Crippen molar-refractivity contribution in [3.8, 4) is 0 Å². The van der Waals surface area contributed by atoms with Crippen LogP contribution in [0, 0.1) is 0 Å². The third-order valence-electron chi connectivity index (χ3n) is 3.96. The number of aliphatic hydroxyl groups is 1. The summed E-state index contributed by atoms with van der Waals surface area (Å²) in [6.07, 6.45) is -5.65. The van der Waals surface area contributed by atoms with Crippen LogP contribution in [-0.2, 0) is 17.9 Å². The summed E-state index contributed by atoms with van der Waals surface area (Å²) in [5.41, 5.74) is 2.43. The highest BCUT2D eigenvalue weighted by Crippen LogP contribution is 2.38. The standard InChI is InChI=1S/C18H16ClF3N2O2/c19-15-6-2-4-13(8-15)11-23-10-12-3-1-5-14(7-12)16-9-17(25,26-24-16)18(20,21)22/h1-8,23,25H,9-11H2. The summed E-state index contributed by atoms with van der Waals surface area (Å²) < 4.78 is 38.4. The average molecular weight is 385 g/mol. The van der Waals surface area contributed by atoms with Crippen LogP contribution >= 0.6 is 11.6 Å². The van der Waals surface area contributed by atoms with Crippen molar-refractivity contribution in [2.45, 2.75) is 31.5 Å². The number of oxime groups is 1. The molecule has 4 nitrogen and oxygen atoms in total. The van der Waals surface area contributed by atoms with E-state index in [2.05, 4.69) is 15.3 Å². The molecule has 0 saturated heterocycles. The minimum atomic E-state index is -4.91. The van der Waals surface area contributed by atoms with Crippen molar-refractivity contribution in [2.75, 3.05) is 0 Å². The van der Waals surface area contributed by atoms with E-state index in [0.717, 1.165) is 11.1 Å². The SMILES string of the molecule is OC1(C(F)(F)F)CC(c2cccc(CNCc3cccc(Cl)c3)c2)=NO1. The molecule has 0 bridgehead atoms. The van der Waals surface area contributed by atoms with Crippen molar-refractivity contribution >= 4 is 17.3 Å². The summed E-state index contributed by atoms with van der Waals surface area (Å²) >= 11 is 5.94. The molecule has 0 fully saturated rings. The lowest BCUT2D eigenvalue weighted by atomic mass is 10.0. The molecule has 2 aromatic carbocycles. The Hall–Kier alpha value is -2.09. The van der Waals surface area contributed by atoms with Gasteiger partial charge in [0.15, 0.2) is 0 Å². The molecule has 2 aromatic rings. The Morgan fingerprint density at radius 3 is 2.38 bits per heavy atom. The molecule has 1 aliphatic heterocycles. The summed E-state index contributed by atoms with van der Waals surface area (Å²) in [5, 5.41) is 16.8. The van der Waals surface area contributed by atoms with E-state index >= 15 is 0 Å². The largest absolute Gasteiger partial charge is 0.458 e. The molecule has 1 atom stereocenters. The maximum absolute atomic E-state index is 12.8. The van der Waals surface area contributed by atoms with Crippen LogP contribution in [0.2, 0.25) is 5.02 Å². The van der Waals surface area contributed by atoms with Crippen LogP contribution in [0.3, 0.4) is 0 Å². The Labute approximate surface area is 153 Å². The van der Waals surface area contributed by atoms with Gasteiger partial charge in [-0.1, -0.05) is 47.1 Å². The van der Waals surface area contributed by atoms with Gasteiger partial charge >= 0.3 is 12.0 Å². The first kappa shape index (κ1) is 18.7. The highest BCUT2D eigenvalue weighted by atomic mass is 35.5. The monoisotopic (exact) mass is 384 g/mol. The first-order chi connectivity index (χ1) is 12.3. The minimum absolute atomic E-state index is 0.0570. The summed E-state index contributed by atoms with van der Waals surface area (Å²) in [5.74, 6) is -3.26. The number of halogens is 4. The minimum Gasteiger partial charge on any atom is -0.350 e. The van der Waals surface area contributed by atoms with Crippen molar-refractivity contribution in [1.29, 1.82) is 0 Å². The maximum atomic E-state index is 12.8. The highest BCUT2D eigenvalue weighted by molar-refractivity contribution is 6.30. The fourth-order valence-electron chi connectivity index (χ4n) is 2.59. The lowest BCUT2D eigenvalue weighted by Crippen LogP contribution is -2.45. The second-order valence-electron chi connectivity index (χ2n) is 6.02. The predicted octanol–water partition coefficient (Wildman–Crippen LogP) is 4.01. The van der Waals surface area contributed by atoms with Crippen molar-refractivity contribution < 1.29 is 23.1 Å². The summed E-state index contributed by atoms with van der Waals surface area (Å²) in [6.45, 7) is 1.11. The van der Waals surface area contributed by atoms with E-state index in [9.17, 15) is 18.3 Å². The maximum Gasteiger partial charge on any atom is 0.458 e. The lowest BCUT2D eigenvalue weighted by molar-refractivity contribution is -0.355. The van der Waals surface area contributed by atoms with Gasteiger partial charge in [0.2, 0.25) is 0 Å². The first-order valence-corrected chi connectivity index (χ1v) is 8.23. The van der Waals surface area contributed by atoms with E-state index in [4.69, 9.17) is 11.6 Å². The smallest absolute Gasteiger partial charge is 0.350 e. The van der Waals surface area contributed by atoms with E-state index in [0.29, 0.717) is 23.7 Å². The highest BCUT2D eigenvalue weighted by Gasteiger charge is 2.60. The molecule has 3 rings (SSSR count). The zero-order valence-corrected chi connectivity index (χ0v) is 14.3. The Balaban J connectivity index is 1.62. The average Bonchev–Trinajstić information content (AvgIpc) is 2.99. The van der Waals surface area contributed by atoms with Gasteiger partial charge in [-0.25, -0.2) is 0 Å². The van der Waals surface area contributed by atoms with Gasteiger partial charge in [-0.15, -0.1) is 0 Å². The van der Waals surface area contributed by atoms with Crippen LogP contribution in [0.4, 0.5) is 13.2 Å². The van der Waals surface area contributed by atoms with Gasteiger partial charge in [0.25, 0.3) is 0 Å². The molecule has 8 heteroatoms. The normalized spacial score (nSPS) is 20.0. The van der Waals surface area contributed by atoms with E-state index in [1.807, 2.05) is 24.3 Å². The van der Waals surface area contributed by atoms with Gasteiger partial charge in [0.1, 0.15) is 0 Å². The first-order valence-electron chi connectivity index (χ1n) is 7.85. The van der Waals surface area contributed by atoms with E-state index in [1.54, 1.807) is 24.3 Å². The van der Waals surface area contributed by atoms with Gasteiger partial charge < -0.3 is 15.3 Å². The Bertz CT molecular complexity index is 826. The van der Waals surface area contributed by atoms with Crippen LogP contribution in [0.5, 0.6) is 0 Å². The number of nitrogens with one attached hydrogen (secondary N) is 1. The lowest BCUT2D eigenvalue weighted by Gasteiger charge is -2.22. The van der Waals surface area contributed by atoms with Gasteiger partial charge in [0.05, 0.1) is 12.1 Å². The fraction of sp³-hybridized carbons (Fsp3) is 0.278. The molecular formula is C18H16ClF3N2O2. The molecule has 0 amide bonds. The van der Waals surface area contributed by atoms with Crippen LogP contribution < -0.4 is 5.32 Å². The molecule has 0 spiro atoms. The number of hydrogen-bond acceptors (Lipinski definition) is 4. The van der Waals surface area contributed by atoms with Gasteiger partial charge in [-0.3, -0.25) is 0 Å². The summed E-state index contributed by atoms with van der Waals surface area (Å²) in [7, 11) is 0. The number of hydrogen-bond donors (Lipinski definition) is 2. The van der Waals surface area contributed by atoms with E-state index in [-0.39, 0.29) is 5.71 Å². The van der Waals surface area contributed by atoms with Gasteiger partial charge in [-0.05, 0) is 34.9 Å². The molecule has 1 aliphatic rings. The molecule has 0 aromatic heterocycles. The Kier molecular flexibility index (Phi) is 5.22. The van der Waals surface area contributed by atoms with E-state index < -0.39 is 18.4 Å². The zero-order valence-electron chi connectivity index (χ0n) is 13.6. The predicted molar refractivity (Wildman–Crippen MR) is 91.7 cm³/mol. The number of alkyl halides is 3. The third-order valence-corrected chi connectivity index (χ3v) is 4.20. The Morgan fingerprint density at radius 2 is 1.77 bits per heavy atom. The van der Waals surface area contributed by atoms with Crippen LogP contribution in [0.25, 0.3) is 0 Å². The van der Waals surface area contributed by atoms with Crippen molar-refractivity contribution in [2.24, 2.45) is 5.16 Å². The van der Waals surface area contributed by atoms with Crippen LogP contribution in [0.15, 0.2) is 53.7 Å². The molecule has 0 aliphatic carbocycles. The molecule has 1 heterocycles. The summed E-state index contributed by atoms with van der Waals surface area (Å²) in [6, 6.07) is 14.4. The molecule has 0 radical (unpaired) electrons. The molecule has 1 unspecified atom stereocenters. The molecule has 26 heavy (non-hydrogen) atoms. The zero-order chi connectivity index (χ0) is 18.8. The fourth-order valence-corrected chi connectivity index (χ4v) is 2.80. The molecular weight excluding hydrogens is 369 g/mol. The Morgan fingerprint density at radius 1 is 1.12 bits per heavy atom. The summed E-state index contributed by atoms with van der Waals surface area (Å²) in [4.78, 5) is 4.25. The van der Waals surface area contributed by atoms with Crippen LogP contribution in [0.1, 0.15) is 23.1 Å². The topological polar surface area (TPSA) is 53.8 Å². The number of benzene rings is 2. The van der Waals surface area contributed by atoms with Crippen molar-refractivity contribution in [3.05, 3.63) is 70.2 Å². The van der Waals surface area contributed by atoms with Gasteiger partial charge in [-0.2, -0.15) is 13.2 Å². The van der Waals surface area contributed by atoms with Crippen molar-refractivity contribution in [1.82, 2.24) is 5.32 Å². The van der Waals surface area contributed by atoms with Gasteiger partial charge in [0, 0.05) is 18.1 Å². The van der Waals surface area contributed by atoms with Crippen molar-refractivity contribution in [3.63, 3.8) is 0 Å². The van der Waals surface area contributed by atoms with Crippen LogP contribution in [-0.4, -0.2) is 22.8 Å². The van der Waals surface area contributed by atoms with E-state index in [1.165, 1.54) is 0 Å². The molecule has 2 N–H and O–H groups in total. The molecule has 138 valence electrons. The molecule has 0 saturated carbocycles. The third kappa shape index (κ3) is 4.17.